The third kappa shape index (κ3) is 2.52. The summed E-state index contributed by atoms with van der Waals surface area (Å²) in [5, 5.41) is 20.0. The standard InChI is InChI=1S/C11H15N3O3/c1-8-6-10(14(16)17)11(12-7-8)13(4-5-15)9-2-3-9/h6-7,9,15H,2-5H2,1H3. The average molecular weight is 237 g/mol. The van der Waals surface area contributed by atoms with E-state index in [1.807, 2.05) is 4.90 Å². The largest absolute Gasteiger partial charge is 0.395 e. The molecule has 0 bridgehead atoms. The van der Waals surface area contributed by atoms with E-state index >= 15 is 0 Å². The van der Waals surface area contributed by atoms with Crippen LogP contribution >= 0.6 is 0 Å². The van der Waals surface area contributed by atoms with E-state index in [0.29, 0.717) is 12.4 Å². The van der Waals surface area contributed by atoms with Crippen LogP contribution in [0.25, 0.3) is 0 Å². The maximum atomic E-state index is 11.0. The predicted octanol–water partition coefficient (Wildman–Crippen LogP) is 1.26. The van der Waals surface area contributed by atoms with Crippen molar-refractivity contribution in [1.82, 2.24) is 4.98 Å². The van der Waals surface area contributed by atoms with Gasteiger partial charge in [0.15, 0.2) is 0 Å². The van der Waals surface area contributed by atoms with E-state index in [1.54, 1.807) is 13.1 Å². The Morgan fingerprint density at radius 2 is 2.35 bits per heavy atom. The number of anilines is 1. The number of aryl methyl sites for hydroxylation is 1. The first kappa shape index (κ1) is 11.8. The molecule has 1 N–H and O–H groups in total. The number of pyridine rings is 1. The SMILES string of the molecule is Cc1cnc(N(CCO)C2CC2)c([N+](=O)[O-])c1. The summed E-state index contributed by atoms with van der Waals surface area (Å²) in [7, 11) is 0. The first-order chi connectivity index (χ1) is 8.13. The first-order valence-electron chi connectivity index (χ1n) is 5.62. The third-order valence-corrected chi connectivity index (χ3v) is 2.78. The van der Waals surface area contributed by atoms with Gasteiger partial charge in [0, 0.05) is 24.8 Å². The van der Waals surface area contributed by atoms with Gasteiger partial charge < -0.3 is 10.0 Å². The quantitative estimate of drug-likeness (QED) is 0.616. The Morgan fingerprint density at radius 1 is 1.65 bits per heavy atom. The highest BCUT2D eigenvalue weighted by Crippen LogP contribution is 2.35. The molecule has 2 rings (SSSR count). The number of aliphatic hydroxyl groups excluding tert-OH is 1. The fraction of sp³-hybridized carbons (Fsp3) is 0.545. The van der Waals surface area contributed by atoms with Crippen molar-refractivity contribution in [2.75, 3.05) is 18.1 Å². The van der Waals surface area contributed by atoms with Gasteiger partial charge >= 0.3 is 5.69 Å². The Hall–Kier alpha value is -1.69. The van der Waals surface area contributed by atoms with Gasteiger partial charge in [0.1, 0.15) is 0 Å². The summed E-state index contributed by atoms with van der Waals surface area (Å²) in [6, 6.07) is 1.81. The number of hydrogen-bond donors (Lipinski definition) is 1. The Morgan fingerprint density at radius 3 is 2.88 bits per heavy atom. The molecule has 1 aromatic rings. The van der Waals surface area contributed by atoms with Gasteiger partial charge in [-0.2, -0.15) is 0 Å². The topological polar surface area (TPSA) is 79.5 Å². The summed E-state index contributed by atoms with van der Waals surface area (Å²) in [5.74, 6) is 0.372. The molecule has 0 aromatic carbocycles. The molecule has 92 valence electrons. The van der Waals surface area contributed by atoms with Crippen LogP contribution in [0.5, 0.6) is 0 Å². The molecule has 6 heteroatoms. The fourth-order valence-electron chi connectivity index (χ4n) is 1.86. The van der Waals surface area contributed by atoms with Crippen molar-refractivity contribution in [1.29, 1.82) is 0 Å². The average Bonchev–Trinajstić information content (AvgIpc) is 3.10. The van der Waals surface area contributed by atoms with E-state index in [9.17, 15) is 10.1 Å². The molecule has 1 aliphatic rings. The van der Waals surface area contributed by atoms with Crippen LogP contribution in [0.1, 0.15) is 18.4 Å². The van der Waals surface area contributed by atoms with Crippen LogP contribution in [0.15, 0.2) is 12.3 Å². The Bertz CT molecular complexity index is 432. The highest BCUT2D eigenvalue weighted by molar-refractivity contribution is 5.59. The van der Waals surface area contributed by atoms with Crippen molar-refractivity contribution >= 4 is 11.5 Å². The Kier molecular flexibility index (Phi) is 3.23. The van der Waals surface area contributed by atoms with Crippen LogP contribution in [0.3, 0.4) is 0 Å². The van der Waals surface area contributed by atoms with Gasteiger partial charge in [-0.1, -0.05) is 0 Å². The zero-order valence-electron chi connectivity index (χ0n) is 9.67. The lowest BCUT2D eigenvalue weighted by Gasteiger charge is -2.22. The molecule has 6 nitrogen and oxygen atoms in total. The normalized spacial score (nSPS) is 14.7. The molecular formula is C11H15N3O3. The van der Waals surface area contributed by atoms with E-state index in [4.69, 9.17) is 5.11 Å². The molecule has 1 heterocycles. The van der Waals surface area contributed by atoms with Gasteiger partial charge in [0.05, 0.1) is 11.5 Å². The maximum Gasteiger partial charge on any atom is 0.311 e. The highest BCUT2D eigenvalue weighted by Gasteiger charge is 2.33. The summed E-state index contributed by atoms with van der Waals surface area (Å²) >= 11 is 0. The number of nitrogens with zero attached hydrogens (tertiary/aromatic N) is 3. The van der Waals surface area contributed by atoms with Gasteiger partial charge in [-0.25, -0.2) is 4.98 Å². The second-order valence-electron chi connectivity index (χ2n) is 4.26. The van der Waals surface area contributed by atoms with E-state index in [2.05, 4.69) is 4.98 Å². The number of aromatic nitrogens is 1. The minimum Gasteiger partial charge on any atom is -0.395 e. The smallest absolute Gasteiger partial charge is 0.311 e. The van der Waals surface area contributed by atoms with Crippen LogP contribution in [0.4, 0.5) is 11.5 Å². The monoisotopic (exact) mass is 237 g/mol. The van der Waals surface area contributed by atoms with Crippen molar-refractivity contribution in [3.05, 3.63) is 27.9 Å². The number of hydrogen-bond acceptors (Lipinski definition) is 5. The molecule has 0 spiro atoms. The summed E-state index contributed by atoms with van der Waals surface area (Å²) in [5.41, 5.74) is 0.783. The van der Waals surface area contributed by atoms with E-state index in [1.165, 1.54) is 6.07 Å². The minimum atomic E-state index is -0.415. The Labute approximate surface area is 99.0 Å². The highest BCUT2D eigenvalue weighted by atomic mass is 16.6. The molecule has 17 heavy (non-hydrogen) atoms. The van der Waals surface area contributed by atoms with Crippen molar-refractivity contribution in [3.63, 3.8) is 0 Å². The number of aliphatic hydroxyl groups is 1. The molecular weight excluding hydrogens is 222 g/mol. The summed E-state index contributed by atoms with van der Waals surface area (Å²) in [4.78, 5) is 16.6. The van der Waals surface area contributed by atoms with Gasteiger partial charge in [-0.3, -0.25) is 10.1 Å². The predicted molar refractivity (Wildman–Crippen MR) is 63.1 cm³/mol. The molecule has 1 fully saturated rings. The number of nitro groups is 1. The molecule has 0 amide bonds. The summed E-state index contributed by atoms with van der Waals surface area (Å²) < 4.78 is 0. The van der Waals surface area contributed by atoms with Crippen LogP contribution in [0, 0.1) is 17.0 Å². The second-order valence-corrected chi connectivity index (χ2v) is 4.26. The van der Waals surface area contributed by atoms with Gasteiger partial charge in [-0.15, -0.1) is 0 Å². The molecule has 0 aliphatic heterocycles. The number of rotatable bonds is 5. The van der Waals surface area contributed by atoms with Crippen molar-refractivity contribution in [3.8, 4) is 0 Å². The molecule has 0 unspecified atom stereocenters. The lowest BCUT2D eigenvalue weighted by atomic mass is 10.2. The van der Waals surface area contributed by atoms with Crippen LogP contribution in [0.2, 0.25) is 0 Å². The Balaban J connectivity index is 2.37. The van der Waals surface area contributed by atoms with Crippen molar-refractivity contribution < 1.29 is 10.0 Å². The molecule has 0 radical (unpaired) electrons. The fourth-order valence-corrected chi connectivity index (χ4v) is 1.86. The van der Waals surface area contributed by atoms with Gasteiger partial charge in [0.2, 0.25) is 5.82 Å². The minimum absolute atomic E-state index is 0.0188. The lowest BCUT2D eigenvalue weighted by Crippen LogP contribution is -2.30. The zero-order chi connectivity index (χ0) is 12.4. The lowest BCUT2D eigenvalue weighted by molar-refractivity contribution is -0.384. The molecule has 0 saturated heterocycles. The maximum absolute atomic E-state index is 11.0. The summed E-state index contributed by atoms with van der Waals surface area (Å²) in [6.45, 7) is 2.14. The van der Waals surface area contributed by atoms with E-state index in [0.717, 1.165) is 18.4 Å². The zero-order valence-corrected chi connectivity index (χ0v) is 9.67. The van der Waals surface area contributed by atoms with Gasteiger partial charge in [0.25, 0.3) is 0 Å². The van der Waals surface area contributed by atoms with Crippen molar-refractivity contribution in [2.24, 2.45) is 0 Å². The first-order valence-corrected chi connectivity index (χ1v) is 5.62. The van der Waals surface area contributed by atoms with Crippen LogP contribution < -0.4 is 4.90 Å². The van der Waals surface area contributed by atoms with Gasteiger partial charge in [-0.05, 0) is 25.3 Å². The summed E-state index contributed by atoms with van der Waals surface area (Å²) in [6.07, 6.45) is 3.63. The molecule has 0 atom stereocenters. The van der Waals surface area contributed by atoms with E-state index in [-0.39, 0.29) is 18.3 Å². The third-order valence-electron chi connectivity index (χ3n) is 2.78. The molecule has 1 aliphatic carbocycles. The van der Waals surface area contributed by atoms with Crippen molar-refractivity contribution in [2.45, 2.75) is 25.8 Å². The van der Waals surface area contributed by atoms with Crippen LogP contribution in [-0.4, -0.2) is 34.2 Å². The van der Waals surface area contributed by atoms with E-state index < -0.39 is 4.92 Å². The molecule has 1 aromatic heterocycles. The van der Waals surface area contributed by atoms with Crippen LogP contribution in [-0.2, 0) is 0 Å². The molecule has 1 saturated carbocycles. The second kappa shape index (κ2) is 4.67.